The van der Waals surface area contributed by atoms with Gasteiger partial charge in [-0.05, 0) is 78.2 Å². The fraction of sp³-hybridized carbons (Fsp3) is 0.0526. The molecule has 0 fully saturated rings. The number of anilines is 3. The molecule has 6 rings (SSSR count). The molecule has 3 nitrogen and oxygen atoms in total. The fourth-order valence-electron chi connectivity index (χ4n) is 5.35. The van der Waals surface area contributed by atoms with Crippen LogP contribution in [-0.4, -0.2) is 0 Å². The lowest BCUT2D eigenvalue weighted by Gasteiger charge is -2.25. The van der Waals surface area contributed by atoms with Gasteiger partial charge in [-0.3, -0.25) is 0 Å². The van der Waals surface area contributed by atoms with Crippen LogP contribution in [0.25, 0.3) is 33.7 Å². The summed E-state index contributed by atoms with van der Waals surface area (Å²) in [5.41, 5.74) is 8.48. The predicted octanol–water partition coefficient (Wildman–Crippen LogP) is 9.99. The molecule has 0 aliphatic rings. The number of nitriles is 2. The highest BCUT2D eigenvalue weighted by Gasteiger charge is 2.15. The van der Waals surface area contributed by atoms with Crippen LogP contribution in [-0.2, 0) is 0 Å². The third kappa shape index (κ3) is 4.94. The van der Waals surface area contributed by atoms with Crippen LogP contribution in [0.15, 0.2) is 115 Å². The molecule has 0 N–H and O–H groups in total. The van der Waals surface area contributed by atoms with Gasteiger partial charge in [0.15, 0.2) is 0 Å². The van der Waals surface area contributed by atoms with E-state index in [-0.39, 0.29) is 0 Å². The molecule has 6 aromatic rings. The Bertz CT molecular complexity index is 2000. The average Bonchev–Trinajstić information content (AvgIpc) is 3.01. The van der Waals surface area contributed by atoms with E-state index in [1.54, 1.807) is 0 Å². The maximum atomic E-state index is 10.0. The monoisotopic (exact) mass is 525 g/mol. The summed E-state index contributed by atoms with van der Waals surface area (Å²) in [4.78, 5) is 2.25. The molecule has 0 radical (unpaired) electrons. The van der Waals surface area contributed by atoms with E-state index < -0.39 is 0 Å². The van der Waals surface area contributed by atoms with Crippen molar-refractivity contribution in [1.82, 2.24) is 0 Å². The van der Waals surface area contributed by atoms with Gasteiger partial charge >= 0.3 is 0 Å². The van der Waals surface area contributed by atoms with Gasteiger partial charge in [0.25, 0.3) is 0 Å². The van der Waals surface area contributed by atoms with Gasteiger partial charge in [0, 0.05) is 27.8 Å². The van der Waals surface area contributed by atoms with E-state index >= 15 is 0 Å². The van der Waals surface area contributed by atoms with Gasteiger partial charge in [-0.15, -0.1) is 0 Å². The second-order valence-corrected chi connectivity index (χ2v) is 10.3. The Morgan fingerprint density at radius 1 is 0.488 bits per heavy atom. The molecular weight excluding hydrogens is 498 g/mol. The molecule has 0 saturated carbocycles. The van der Waals surface area contributed by atoms with Gasteiger partial charge in [0.2, 0.25) is 0 Å². The van der Waals surface area contributed by atoms with Crippen molar-refractivity contribution < 1.29 is 0 Å². The molecule has 0 heterocycles. The van der Waals surface area contributed by atoms with Crippen LogP contribution in [0.1, 0.15) is 33.4 Å². The van der Waals surface area contributed by atoms with Crippen LogP contribution in [0.3, 0.4) is 0 Å². The van der Waals surface area contributed by atoms with E-state index in [0.717, 1.165) is 55.3 Å². The number of fused-ring (bicyclic) bond motifs is 3. The van der Waals surface area contributed by atoms with Crippen molar-refractivity contribution in [2.45, 2.75) is 13.8 Å². The Labute approximate surface area is 240 Å². The minimum atomic E-state index is 0.428. The molecule has 41 heavy (non-hydrogen) atoms. The predicted molar refractivity (Wildman–Crippen MR) is 170 cm³/mol. The third-order valence-electron chi connectivity index (χ3n) is 7.45. The molecule has 0 bridgehead atoms. The van der Waals surface area contributed by atoms with Crippen LogP contribution in [0.2, 0.25) is 0 Å². The molecule has 0 aliphatic heterocycles. The lowest BCUT2D eigenvalue weighted by molar-refractivity contribution is 1.27. The van der Waals surface area contributed by atoms with Crippen molar-refractivity contribution in [1.29, 1.82) is 10.5 Å². The first kappa shape index (κ1) is 25.6. The average molecular weight is 526 g/mol. The Balaban J connectivity index is 1.35. The van der Waals surface area contributed by atoms with Crippen molar-refractivity contribution >= 4 is 50.8 Å². The minimum absolute atomic E-state index is 0.428. The van der Waals surface area contributed by atoms with Crippen LogP contribution in [0, 0.1) is 36.5 Å². The number of nitrogens with zero attached hydrogens (tertiary/aromatic N) is 3. The van der Waals surface area contributed by atoms with Gasteiger partial charge in [0.05, 0.1) is 11.1 Å². The maximum Gasteiger partial charge on any atom is 0.101 e. The van der Waals surface area contributed by atoms with Gasteiger partial charge in [-0.25, -0.2) is 0 Å². The number of benzene rings is 6. The first-order valence-electron chi connectivity index (χ1n) is 13.6. The van der Waals surface area contributed by atoms with Crippen molar-refractivity contribution in [3.05, 3.63) is 149 Å². The maximum absolute atomic E-state index is 10.0. The van der Waals surface area contributed by atoms with E-state index in [0.29, 0.717) is 11.1 Å². The molecule has 194 valence electrons. The highest BCUT2D eigenvalue weighted by molar-refractivity contribution is 6.13. The third-order valence-corrected chi connectivity index (χ3v) is 7.45. The molecule has 0 saturated heterocycles. The zero-order chi connectivity index (χ0) is 28.3. The zero-order valence-electron chi connectivity index (χ0n) is 23.0. The number of hydrogen-bond donors (Lipinski definition) is 0. The first-order valence-corrected chi connectivity index (χ1v) is 13.6. The van der Waals surface area contributed by atoms with E-state index in [2.05, 4.69) is 121 Å². The fourth-order valence-corrected chi connectivity index (χ4v) is 5.35. The number of rotatable bonds is 5. The lowest BCUT2D eigenvalue weighted by atomic mass is 9.91. The first-order chi connectivity index (χ1) is 20.1. The Hall–Kier alpha value is -5.64. The molecule has 0 atom stereocenters. The van der Waals surface area contributed by atoms with Gasteiger partial charge in [-0.1, -0.05) is 96.1 Å². The van der Waals surface area contributed by atoms with Crippen molar-refractivity contribution in [3.8, 4) is 12.1 Å². The van der Waals surface area contributed by atoms with Crippen molar-refractivity contribution in [2.24, 2.45) is 0 Å². The molecule has 0 spiro atoms. The lowest BCUT2D eigenvalue weighted by Crippen LogP contribution is -2.09. The van der Waals surface area contributed by atoms with Gasteiger partial charge < -0.3 is 4.90 Å². The minimum Gasteiger partial charge on any atom is -0.311 e. The van der Waals surface area contributed by atoms with Gasteiger partial charge in [-0.2, -0.15) is 10.5 Å². The summed E-state index contributed by atoms with van der Waals surface area (Å²) in [6.07, 6.45) is 4.13. The topological polar surface area (TPSA) is 50.8 Å². The second-order valence-electron chi connectivity index (χ2n) is 10.3. The van der Waals surface area contributed by atoms with Crippen LogP contribution in [0.4, 0.5) is 17.1 Å². The van der Waals surface area contributed by atoms with Crippen molar-refractivity contribution in [3.63, 3.8) is 0 Å². The summed E-state index contributed by atoms with van der Waals surface area (Å²) >= 11 is 0. The Morgan fingerprint density at radius 3 is 1.61 bits per heavy atom. The normalized spacial score (nSPS) is 11.0. The van der Waals surface area contributed by atoms with Gasteiger partial charge in [0.1, 0.15) is 12.1 Å². The SMILES string of the molecule is Cc1ccc(N(c2ccccc2)c2ccc(C=Cc3ccc4c(c3)c(C#N)c(C#N)c3cc(C)ccc34)cc2)cc1. The van der Waals surface area contributed by atoms with E-state index in [1.165, 1.54) is 5.56 Å². The summed E-state index contributed by atoms with van der Waals surface area (Å²) in [7, 11) is 0. The standard InChI is InChI=1S/C38H27N3/c1-26-8-16-31(17-9-26)41(30-6-4-3-5-7-30)32-18-13-28(14-19-32)11-12-29-15-21-34-33-20-10-27(2)22-35(33)37(24-39)38(25-40)36(34)23-29/h3-23H,1-2H3. The Morgan fingerprint density at radius 2 is 0.976 bits per heavy atom. The molecule has 6 aromatic carbocycles. The van der Waals surface area contributed by atoms with Crippen LogP contribution in [0.5, 0.6) is 0 Å². The molecule has 0 aromatic heterocycles. The number of hydrogen-bond acceptors (Lipinski definition) is 3. The van der Waals surface area contributed by atoms with E-state index in [1.807, 2.05) is 37.3 Å². The molecule has 0 unspecified atom stereocenters. The highest BCUT2D eigenvalue weighted by Crippen LogP contribution is 2.36. The van der Waals surface area contributed by atoms with Crippen LogP contribution >= 0.6 is 0 Å². The quantitative estimate of drug-likeness (QED) is 0.166. The number of aryl methyl sites for hydroxylation is 2. The summed E-state index contributed by atoms with van der Waals surface area (Å²) in [5.74, 6) is 0. The summed E-state index contributed by atoms with van der Waals surface area (Å²) in [6.45, 7) is 4.10. The highest BCUT2D eigenvalue weighted by atomic mass is 15.1. The molecule has 3 heteroatoms. The van der Waals surface area contributed by atoms with Crippen LogP contribution < -0.4 is 4.90 Å². The van der Waals surface area contributed by atoms with E-state index in [9.17, 15) is 10.5 Å². The molecular formula is C38H27N3. The zero-order valence-corrected chi connectivity index (χ0v) is 23.0. The summed E-state index contributed by atoms with van der Waals surface area (Å²) in [5, 5.41) is 23.5. The largest absolute Gasteiger partial charge is 0.311 e. The van der Waals surface area contributed by atoms with E-state index in [4.69, 9.17) is 0 Å². The smallest absolute Gasteiger partial charge is 0.101 e. The Kier molecular flexibility index (Phi) is 6.78. The molecule has 0 aliphatic carbocycles. The second kappa shape index (κ2) is 10.9. The number of para-hydroxylation sites is 1. The van der Waals surface area contributed by atoms with Crippen molar-refractivity contribution in [2.75, 3.05) is 4.90 Å². The summed E-state index contributed by atoms with van der Waals surface area (Å²) < 4.78 is 0. The summed E-state index contributed by atoms with van der Waals surface area (Å²) in [6, 6.07) is 44.2. The molecule has 0 amide bonds.